The molecule has 98 valence electrons. The van der Waals surface area contributed by atoms with Gasteiger partial charge in [-0.05, 0) is 44.9 Å². The van der Waals surface area contributed by atoms with Gasteiger partial charge in [0.2, 0.25) is 0 Å². The van der Waals surface area contributed by atoms with Gasteiger partial charge in [-0.2, -0.15) is 0 Å². The van der Waals surface area contributed by atoms with Crippen molar-refractivity contribution < 1.29 is 10.2 Å². The van der Waals surface area contributed by atoms with Gasteiger partial charge >= 0.3 is 0 Å². The third-order valence-corrected chi connectivity index (χ3v) is 3.63. The maximum absolute atomic E-state index is 10.2. The van der Waals surface area contributed by atoms with E-state index in [1.54, 1.807) is 0 Å². The second-order valence-corrected chi connectivity index (χ2v) is 5.73. The van der Waals surface area contributed by atoms with E-state index in [0.29, 0.717) is 18.3 Å². The molecule has 0 fully saturated rings. The molecule has 3 atom stereocenters. The van der Waals surface area contributed by atoms with Crippen LogP contribution < -0.4 is 0 Å². The van der Waals surface area contributed by atoms with Crippen LogP contribution in [-0.4, -0.2) is 22.4 Å². The van der Waals surface area contributed by atoms with E-state index in [9.17, 15) is 10.2 Å². The lowest BCUT2D eigenvalue weighted by Gasteiger charge is -2.26. The Hall–Kier alpha value is -0.600. The number of rotatable bonds is 1. The highest BCUT2D eigenvalue weighted by Gasteiger charge is 2.22. The smallest absolute Gasteiger partial charge is 0.0760 e. The van der Waals surface area contributed by atoms with Gasteiger partial charge in [0.1, 0.15) is 0 Å². The van der Waals surface area contributed by atoms with Crippen molar-refractivity contribution in [3.8, 4) is 0 Å². The van der Waals surface area contributed by atoms with Crippen LogP contribution in [0.5, 0.6) is 0 Å². The first kappa shape index (κ1) is 14.5. The summed E-state index contributed by atoms with van der Waals surface area (Å²) in [4.78, 5) is 0. The Morgan fingerprint density at radius 2 is 1.76 bits per heavy atom. The molecule has 0 amide bonds. The fourth-order valence-corrected chi connectivity index (χ4v) is 2.58. The van der Waals surface area contributed by atoms with Crippen LogP contribution >= 0.6 is 0 Å². The van der Waals surface area contributed by atoms with Gasteiger partial charge in [-0.1, -0.05) is 37.1 Å². The average molecular weight is 238 g/mol. The van der Waals surface area contributed by atoms with E-state index in [1.165, 1.54) is 5.57 Å². The number of aliphatic hydroxyl groups is 2. The van der Waals surface area contributed by atoms with Gasteiger partial charge in [-0.15, -0.1) is 0 Å². The lowest BCUT2D eigenvalue weighted by molar-refractivity contribution is 0.114. The standard InChI is InChI=1S/C15H26O2/c1-10(2)14-6-5-11(3)7-13(16)8-12(4)9-15(14)17/h7,9-10,13-17H,5-6,8H2,1-4H3/b11-7+,12-9+/t13-,14-,15-/m0/s1. The van der Waals surface area contributed by atoms with E-state index in [0.717, 1.165) is 18.4 Å². The van der Waals surface area contributed by atoms with Gasteiger partial charge in [0.15, 0.2) is 0 Å². The minimum absolute atomic E-state index is 0.309. The Morgan fingerprint density at radius 3 is 2.35 bits per heavy atom. The van der Waals surface area contributed by atoms with Crippen LogP contribution in [0.25, 0.3) is 0 Å². The largest absolute Gasteiger partial charge is 0.389 e. The van der Waals surface area contributed by atoms with Crippen LogP contribution in [0.1, 0.15) is 47.0 Å². The van der Waals surface area contributed by atoms with Gasteiger partial charge in [-0.25, -0.2) is 0 Å². The summed E-state index contributed by atoms with van der Waals surface area (Å²) < 4.78 is 0. The summed E-state index contributed by atoms with van der Waals surface area (Å²) >= 11 is 0. The van der Waals surface area contributed by atoms with Gasteiger partial charge in [0.05, 0.1) is 12.2 Å². The van der Waals surface area contributed by atoms with Gasteiger partial charge < -0.3 is 10.2 Å². The molecule has 17 heavy (non-hydrogen) atoms. The van der Waals surface area contributed by atoms with E-state index >= 15 is 0 Å². The second-order valence-electron chi connectivity index (χ2n) is 5.73. The van der Waals surface area contributed by atoms with Crippen molar-refractivity contribution in [1.82, 2.24) is 0 Å². The molecule has 0 unspecified atom stereocenters. The Kier molecular flexibility index (Phi) is 5.41. The van der Waals surface area contributed by atoms with Crippen LogP contribution in [0.2, 0.25) is 0 Å². The lowest BCUT2D eigenvalue weighted by atomic mass is 9.83. The number of allylic oxidation sites excluding steroid dienone is 1. The molecule has 0 radical (unpaired) electrons. The Labute approximate surface area is 105 Å². The molecular weight excluding hydrogens is 212 g/mol. The lowest BCUT2D eigenvalue weighted by Crippen LogP contribution is -2.24. The first-order valence-electron chi connectivity index (χ1n) is 6.61. The maximum atomic E-state index is 10.2. The normalized spacial score (nSPS) is 38.2. The molecule has 0 spiro atoms. The van der Waals surface area contributed by atoms with Crippen molar-refractivity contribution in [2.45, 2.75) is 59.2 Å². The zero-order valence-electron chi connectivity index (χ0n) is 11.5. The summed E-state index contributed by atoms with van der Waals surface area (Å²) in [6.45, 7) is 8.37. The predicted molar refractivity (Wildman–Crippen MR) is 71.7 cm³/mol. The van der Waals surface area contributed by atoms with Crippen molar-refractivity contribution in [3.63, 3.8) is 0 Å². The molecule has 1 aliphatic carbocycles. The summed E-state index contributed by atoms with van der Waals surface area (Å²) in [5.41, 5.74) is 2.30. The van der Waals surface area contributed by atoms with E-state index in [4.69, 9.17) is 0 Å². The second kappa shape index (κ2) is 6.36. The van der Waals surface area contributed by atoms with E-state index in [-0.39, 0.29) is 6.10 Å². The summed E-state index contributed by atoms with van der Waals surface area (Å²) in [6, 6.07) is 0. The molecule has 0 aromatic heterocycles. The Morgan fingerprint density at radius 1 is 1.12 bits per heavy atom. The first-order chi connectivity index (χ1) is 7.90. The fourth-order valence-electron chi connectivity index (χ4n) is 2.58. The molecule has 1 rings (SSSR count). The van der Waals surface area contributed by atoms with Crippen LogP contribution in [0.4, 0.5) is 0 Å². The molecule has 0 saturated heterocycles. The molecule has 2 nitrogen and oxygen atoms in total. The summed E-state index contributed by atoms with van der Waals surface area (Å²) in [5.74, 6) is 0.787. The molecule has 0 bridgehead atoms. The molecule has 2 N–H and O–H groups in total. The summed E-state index contributed by atoms with van der Waals surface area (Å²) in [6.07, 6.45) is 5.65. The van der Waals surface area contributed by atoms with Crippen molar-refractivity contribution in [2.24, 2.45) is 11.8 Å². The van der Waals surface area contributed by atoms with Crippen LogP contribution in [-0.2, 0) is 0 Å². The van der Waals surface area contributed by atoms with E-state index < -0.39 is 6.10 Å². The quantitative estimate of drug-likeness (QED) is 0.689. The molecular formula is C15H26O2. The van der Waals surface area contributed by atoms with Crippen molar-refractivity contribution in [2.75, 3.05) is 0 Å². The maximum Gasteiger partial charge on any atom is 0.0760 e. The van der Waals surface area contributed by atoms with Crippen molar-refractivity contribution >= 4 is 0 Å². The van der Waals surface area contributed by atoms with E-state index in [1.807, 2.05) is 19.1 Å². The average Bonchev–Trinajstić information content (AvgIpc) is 2.14. The third-order valence-electron chi connectivity index (χ3n) is 3.63. The Bertz CT molecular complexity index is 302. The van der Waals surface area contributed by atoms with Crippen LogP contribution in [0.3, 0.4) is 0 Å². The molecule has 0 saturated carbocycles. The molecule has 0 aromatic carbocycles. The highest BCUT2D eigenvalue weighted by atomic mass is 16.3. The Balaban J connectivity index is 2.89. The zero-order chi connectivity index (χ0) is 13.0. The van der Waals surface area contributed by atoms with Crippen molar-refractivity contribution in [1.29, 1.82) is 0 Å². The highest BCUT2D eigenvalue weighted by Crippen LogP contribution is 2.26. The monoisotopic (exact) mass is 238 g/mol. The van der Waals surface area contributed by atoms with Gasteiger partial charge in [-0.3, -0.25) is 0 Å². The topological polar surface area (TPSA) is 40.5 Å². The first-order valence-corrected chi connectivity index (χ1v) is 6.61. The minimum atomic E-state index is -0.408. The highest BCUT2D eigenvalue weighted by molar-refractivity contribution is 5.12. The minimum Gasteiger partial charge on any atom is -0.389 e. The number of aliphatic hydroxyl groups excluding tert-OH is 2. The summed E-state index contributed by atoms with van der Waals surface area (Å²) in [7, 11) is 0. The van der Waals surface area contributed by atoms with Gasteiger partial charge in [0, 0.05) is 0 Å². The van der Waals surface area contributed by atoms with Crippen LogP contribution in [0, 0.1) is 11.8 Å². The van der Waals surface area contributed by atoms with E-state index in [2.05, 4.69) is 20.8 Å². The fraction of sp³-hybridized carbons (Fsp3) is 0.733. The SMILES string of the molecule is C/C1=C\[C@H](O)C/C(C)=C/[C@H](O)[C@H](C(C)C)CC1. The van der Waals surface area contributed by atoms with Crippen molar-refractivity contribution in [3.05, 3.63) is 23.3 Å². The number of hydrogen-bond acceptors (Lipinski definition) is 2. The zero-order valence-corrected chi connectivity index (χ0v) is 11.5. The number of hydrogen-bond donors (Lipinski definition) is 2. The molecule has 1 aliphatic rings. The molecule has 2 heteroatoms. The molecule has 0 heterocycles. The summed E-state index contributed by atoms with van der Waals surface area (Å²) in [5, 5.41) is 20.1. The molecule has 0 aromatic rings. The van der Waals surface area contributed by atoms with Crippen LogP contribution in [0.15, 0.2) is 23.3 Å². The van der Waals surface area contributed by atoms with Gasteiger partial charge in [0.25, 0.3) is 0 Å². The third kappa shape index (κ3) is 4.64. The predicted octanol–water partition coefficient (Wildman–Crippen LogP) is 3.06. The molecule has 0 aliphatic heterocycles.